The number of nitrogens with one attached hydrogen (secondary N) is 1. The lowest BCUT2D eigenvalue weighted by molar-refractivity contribution is -0.274. The van der Waals surface area contributed by atoms with Crippen molar-refractivity contribution >= 4 is 5.91 Å². The number of ether oxygens (including phenoxy) is 1. The molecule has 1 N–H and O–H groups in total. The van der Waals surface area contributed by atoms with E-state index in [-0.39, 0.29) is 18.2 Å². The van der Waals surface area contributed by atoms with Gasteiger partial charge in [-0.3, -0.25) is 4.79 Å². The van der Waals surface area contributed by atoms with E-state index >= 15 is 0 Å². The summed E-state index contributed by atoms with van der Waals surface area (Å²) in [5.74, 6) is -0.584. The number of hydrogen-bond donors (Lipinski definition) is 1. The lowest BCUT2D eigenvalue weighted by atomic mass is 10.2. The topological polar surface area (TPSA) is 69.0 Å². The van der Waals surface area contributed by atoms with E-state index in [0.29, 0.717) is 5.56 Å². The molecule has 0 aliphatic rings. The molecule has 2 aromatic rings. The van der Waals surface area contributed by atoms with E-state index < -0.39 is 12.4 Å². The minimum Gasteiger partial charge on any atom is -0.406 e. The monoisotopic (exact) mass is 314 g/mol. The van der Waals surface area contributed by atoms with Crippen LogP contribution in [0, 0.1) is 0 Å². The van der Waals surface area contributed by atoms with E-state index in [1.807, 2.05) is 0 Å². The van der Waals surface area contributed by atoms with E-state index in [1.54, 1.807) is 6.92 Å². The number of halogens is 3. The number of carbonyl (C=O) groups excluding carboxylic acids is 1. The van der Waals surface area contributed by atoms with Crippen LogP contribution < -0.4 is 10.1 Å². The van der Waals surface area contributed by atoms with E-state index in [2.05, 4.69) is 20.1 Å². The number of hydrogen-bond acceptors (Lipinski definition) is 4. The van der Waals surface area contributed by atoms with Gasteiger partial charge in [-0.25, -0.2) is 9.67 Å². The Balaban J connectivity index is 1.88. The van der Waals surface area contributed by atoms with Gasteiger partial charge in [-0.05, 0) is 24.6 Å². The Kier molecular flexibility index (Phi) is 4.64. The first kappa shape index (κ1) is 15.8. The average Bonchev–Trinajstić information content (AvgIpc) is 2.98. The first-order chi connectivity index (χ1) is 10.3. The number of rotatable bonds is 5. The van der Waals surface area contributed by atoms with Gasteiger partial charge in [0.1, 0.15) is 24.4 Å². The molecule has 0 radical (unpaired) electrons. The van der Waals surface area contributed by atoms with Gasteiger partial charge in [-0.15, -0.1) is 13.2 Å². The molecule has 0 bridgehead atoms. The maximum atomic E-state index is 12.0. The normalized spacial score (nSPS) is 12.7. The summed E-state index contributed by atoms with van der Waals surface area (Å²) < 4.78 is 41.2. The molecule has 0 unspecified atom stereocenters. The van der Waals surface area contributed by atoms with Crippen LogP contribution in [0.4, 0.5) is 13.2 Å². The molecule has 9 heteroatoms. The standard InChI is InChI=1S/C13H13F3N4O2/c1-9(20-8-17-7-19-20)12(21)18-6-10-2-4-11(5-3-10)22-13(14,15)16/h2-5,7-9H,6H2,1H3,(H,18,21)/t9-/m1/s1. The lowest BCUT2D eigenvalue weighted by Crippen LogP contribution is -2.30. The number of benzene rings is 1. The Labute approximate surface area is 123 Å². The molecule has 1 aromatic carbocycles. The van der Waals surface area contributed by atoms with Gasteiger partial charge in [0.05, 0.1) is 0 Å². The molecule has 1 amide bonds. The Morgan fingerprint density at radius 2 is 2.05 bits per heavy atom. The van der Waals surface area contributed by atoms with E-state index in [0.717, 1.165) is 0 Å². The largest absolute Gasteiger partial charge is 0.573 e. The van der Waals surface area contributed by atoms with Gasteiger partial charge >= 0.3 is 6.36 Å². The van der Waals surface area contributed by atoms with Crippen LogP contribution in [0.3, 0.4) is 0 Å². The smallest absolute Gasteiger partial charge is 0.406 e. The summed E-state index contributed by atoms with van der Waals surface area (Å²) in [6.07, 6.45) is -1.97. The third kappa shape index (κ3) is 4.47. The summed E-state index contributed by atoms with van der Waals surface area (Å²) in [4.78, 5) is 15.6. The van der Waals surface area contributed by atoms with Gasteiger partial charge in [0, 0.05) is 6.54 Å². The number of amides is 1. The van der Waals surface area contributed by atoms with Crippen LogP contribution >= 0.6 is 0 Å². The fraction of sp³-hybridized carbons (Fsp3) is 0.308. The van der Waals surface area contributed by atoms with E-state index in [4.69, 9.17) is 0 Å². The van der Waals surface area contributed by atoms with E-state index in [1.165, 1.54) is 41.6 Å². The molecule has 1 aromatic heterocycles. The average molecular weight is 314 g/mol. The van der Waals surface area contributed by atoms with Gasteiger partial charge < -0.3 is 10.1 Å². The zero-order valence-electron chi connectivity index (χ0n) is 11.5. The van der Waals surface area contributed by atoms with Gasteiger partial charge in [-0.2, -0.15) is 5.10 Å². The van der Waals surface area contributed by atoms with Crippen molar-refractivity contribution in [2.45, 2.75) is 25.9 Å². The van der Waals surface area contributed by atoms with Crippen LogP contribution in [-0.2, 0) is 11.3 Å². The second kappa shape index (κ2) is 6.46. The van der Waals surface area contributed by atoms with Crippen molar-refractivity contribution in [3.05, 3.63) is 42.5 Å². The fourth-order valence-electron chi connectivity index (χ4n) is 1.68. The molecule has 6 nitrogen and oxygen atoms in total. The Morgan fingerprint density at radius 1 is 1.36 bits per heavy atom. The zero-order valence-corrected chi connectivity index (χ0v) is 11.5. The number of nitrogens with zero attached hydrogens (tertiary/aromatic N) is 3. The SMILES string of the molecule is C[C@H](C(=O)NCc1ccc(OC(F)(F)F)cc1)n1cncn1. The molecular weight excluding hydrogens is 301 g/mol. The van der Waals surface area contributed by atoms with Crippen LogP contribution in [0.1, 0.15) is 18.5 Å². The molecule has 0 saturated heterocycles. The highest BCUT2D eigenvalue weighted by Gasteiger charge is 2.30. The number of aromatic nitrogens is 3. The molecule has 1 heterocycles. The van der Waals surface area contributed by atoms with Crippen LogP contribution in [-0.4, -0.2) is 27.0 Å². The number of carbonyl (C=O) groups is 1. The summed E-state index contributed by atoms with van der Waals surface area (Å²) >= 11 is 0. The van der Waals surface area contributed by atoms with Gasteiger partial charge in [0.15, 0.2) is 0 Å². The molecule has 0 spiro atoms. The molecule has 1 atom stereocenters. The van der Waals surface area contributed by atoms with Crippen LogP contribution in [0.2, 0.25) is 0 Å². The summed E-state index contributed by atoms with van der Waals surface area (Å²) in [7, 11) is 0. The Bertz CT molecular complexity index is 611. The van der Waals surface area contributed by atoms with Crippen LogP contribution in [0.15, 0.2) is 36.9 Å². The highest BCUT2D eigenvalue weighted by atomic mass is 19.4. The van der Waals surface area contributed by atoms with Crippen LogP contribution in [0.25, 0.3) is 0 Å². The highest BCUT2D eigenvalue weighted by Crippen LogP contribution is 2.22. The predicted octanol–water partition coefficient (Wildman–Crippen LogP) is 2.05. The van der Waals surface area contributed by atoms with E-state index in [9.17, 15) is 18.0 Å². The Morgan fingerprint density at radius 3 is 2.59 bits per heavy atom. The maximum absolute atomic E-state index is 12.0. The molecular formula is C13H13F3N4O2. The minimum atomic E-state index is -4.72. The minimum absolute atomic E-state index is 0.185. The summed E-state index contributed by atoms with van der Waals surface area (Å²) in [6.45, 7) is 1.84. The lowest BCUT2D eigenvalue weighted by Gasteiger charge is -2.12. The predicted molar refractivity (Wildman–Crippen MR) is 69.7 cm³/mol. The third-order valence-corrected chi connectivity index (χ3v) is 2.84. The maximum Gasteiger partial charge on any atom is 0.573 e. The molecule has 2 rings (SSSR count). The molecule has 0 saturated carbocycles. The molecule has 0 aliphatic heterocycles. The van der Waals surface area contributed by atoms with Gasteiger partial charge in [0.25, 0.3) is 0 Å². The molecule has 0 aliphatic carbocycles. The quantitative estimate of drug-likeness (QED) is 0.917. The van der Waals surface area contributed by atoms with Crippen molar-refractivity contribution in [3.63, 3.8) is 0 Å². The third-order valence-electron chi connectivity index (χ3n) is 2.84. The van der Waals surface area contributed by atoms with Crippen molar-refractivity contribution < 1.29 is 22.7 Å². The molecule has 22 heavy (non-hydrogen) atoms. The molecule has 0 fully saturated rings. The number of alkyl halides is 3. The first-order valence-electron chi connectivity index (χ1n) is 6.31. The van der Waals surface area contributed by atoms with Crippen molar-refractivity contribution in [3.8, 4) is 5.75 Å². The summed E-state index contributed by atoms with van der Waals surface area (Å²) in [6, 6.07) is 4.74. The summed E-state index contributed by atoms with van der Waals surface area (Å²) in [5.41, 5.74) is 0.647. The summed E-state index contributed by atoms with van der Waals surface area (Å²) in [5, 5.41) is 6.52. The second-order valence-corrected chi connectivity index (χ2v) is 4.46. The highest BCUT2D eigenvalue weighted by molar-refractivity contribution is 5.79. The fourth-order valence-corrected chi connectivity index (χ4v) is 1.68. The first-order valence-corrected chi connectivity index (χ1v) is 6.31. The van der Waals surface area contributed by atoms with Gasteiger partial charge in [0.2, 0.25) is 5.91 Å². The van der Waals surface area contributed by atoms with Gasteiger partial charge in [-0.1, -0.05) is 12.1 Å². The Hall–Kier alpha value is -2.58. The van der Waals surface area contributed by atoms with Crippen molar-refractivity contribution in [2.75, 3.05) is 0 Å². The van der Waals surface area contributed by atoms with Crippen molar-refractivity contribution in [1.29, 1.82) is 0 Å². The molecule has 118 valence electrons. The zero-order chi connectivity index (χ0) is 16.2. The second-order valence-electron chi connectivity index (χ2n) is 4.46. The van der Waals surface area contributed by atoms with Crippen molar-refractivity contribution in [2.24, 2.45) is 0 Å². The van der Waals surface area contributed by atoms with Crippen LogP contribution in [0.5, 0.6) is 5.75 Å². The van der Waals surface area contributed by atoms with Crippen molar-refractivity contribution in [1.82, 2.24) is 20.1 Å².